The maximum Gasteiger partial charge on any atom is 0.173 e. The van der Waals surface area contributed by atoms with E-state index in [1.54, 1.807) is 11.3 Å². The first-order valence-corrected chi connectivity index (χ1v) is 12.0. The number of piperidine rings is 1. The van der Waals surface area contributed by atoms with Crippen LogP contribution in [-0.4, -0.2) is 37.6 Å². The van der Waals surface area contributed by atoms with Gasteiger partial charge in [-0.1, -0.05) is 6.07 Å². The Morgan fingerprint density at radius 1 is 1.23 bits per heavy atom. The maximum absolute atomic E-state index is 5.72. The molecule has 1 aromatic carbocycles. The summed E-state index contributed by atoms with van der Waals surface area (Å²) in [4.78, 5) is 11.6. The number of hydrogen-bond donors (Lipinski definition) is 1. The van der Waals surface area contributed by atoms with Crippen LogP contribution in [0.15, 0.2) is 36.0 Å². The second-order valence-corrected chi connectivity index (χ2v) is 9.75. The van der Waals surface area contributed by atoms with Gasteiger partial charge in [0, 0.05) is 42.5 Å². The predicted molar refractivity (Wildman–Crippen MR) is 126 cm³/mol. The van der Waals surface area contributed by atoms with Gasteiger partial charge in [-0.25, -0.2) is 9.97 Å². The van der Waals surface area contributed by atoms with Crippen molar-refractivity contribution in [3.8, 4) is 0 Å². The minimum atomic E-state index is 0.471. The van der Waals surface area contributed by atoms with Crippen molar-refractivity contribution >= 4 is 34.4 Å². The van der Waals surface area contributed by atoms with Gasteiger partial charge in [-0.3, -0.25) is 0 Å². The van der Waals surface area contributed by atoms with E-state index in [1.165, 1.54) is 36.2 Å². The molecule has 0 radical (unpaired) electrons. The summed E-state index contributed by atoms with van der Waals surface area (Å²) in [6, 6.07) is 6.70. The smallest absolute Gasteiger partial charge is 0.173 e. The van der Waals surface area contributed by atoms with Crippen molar-refractivity contribution in [3.05, 3.63) is 63.6 Å². The Labute approximate surface area is 187 Å². The lowest BCUT2D eigenvalue weighted by molar-refractivity contribution is 0.307. The molecule has 0 atom stereocenters. The quantitative estimate of drug-likeness (QED) is 0.596. The molecule has 5 rings (SSSR count). The number of anilines is 1. The van der Waals surface area contributed by atoms with Gasteiger partial charge in [-0.15, -0.1) is 11.3 Å². The van der Waals surface area contributed by atoms with Crippen molar-refractivity contribution in [1.29, 1.82) is 0 Å². The van der Waals surface area contributed by atoms with Crippen molar-refractivity contribution in [2.45, 2.75) is 51.5 Å². The van der Waals surface area contributed by atoms with E-state index in [0.717, 1.165) is 54.0 Å². The molecule has 1 saturated heterocycles. The Hall–Kier alpha value is -2.25. The predicted octanol–water partition coefficient (Wildman–Crippen LogP) is 4.76. The molecule has 3 aromatic rings. The number of rotatable bonds is 4. The van der Waals surface area contributed by atoms with E-state index in [9.17, 15) is 0 Å². The van der Waals surface area contributed by atoms with Crippen LogP contribution in [0.2, 0.25) is 0 Å². The van der Waals surface area contributed by atoms with E-state index >= 15 is 0 Å². The van der Waals surface area contributed by atoms with Gasteiger partial charge in [0.25, 0.3) is 0 Å². The van der Waals surface area contributed by atoms with Crippen LogP contribution < -0.4 is 5.32 Å². The van der Waals surface area contributed by atoms with Crippen molar-refractivity contribution in [2.24, 2.45) is 0 Å². The molecule has 5 nitrogen and oxygen atoms in total. The third-order valence-corrected chi connectivity index (χ3v) is 7.43. The third-order valence-electron chi connectivity index (χ3n) is 6.24. The normalized spacial score (nSPS) is 16.6. The summed E-state index contributed by atoms with van der Waals surface area (Å²) in [7, 11) is 0. The molecular weight excluding hydrogens is 410 g/mol. The number of thiazole rings is 1. The zero-order valence-electron chi connectivity index (χ0n) is 17.3. The number of benzene rings is 1. The molecule has 1 N–H and O–H groups in total. The number of hydrogen-bond acceptors (Lipinski definition) is 4. The summed E-state index contributed by atoms with van der Waals surface area (Å²) in [5, 5.41) is 7.57. The first kappa shape index (κ1) is 19.7. The van der Waals surface area contributed by atoms with Crippen molar-refractivity contribution in [3.63, 3.8) is 0 Å². The van der Waals surface area contributed by atoms with Gasteiger partial charge in [0.05, 0.1) is 17.2 Å². The van der Waals surface area contributed by atoms with E-state index in [1.807, 2.05) is 6.20 Å². The molecule has 3 heterocycles. The molecule has 2 aromatic heterocycles. The molecule has 0 saturated carbocycles. The first-order valence-electron chi connectivity index (χ1n) is 10.8. The minimum Gasteiger partial charge on any atom is -0.349 e. The van der Waals surface area contributed by atoms with Crippen LogP contribution in [0.25, 0.3) is 0 Å². The SMILES string of the molecule is Cc1nc(Cn2ccnc2C2CCN(C(=S)Nc3ccc4c(c3)CCC4)CC2)cs1. The van der Waals surface area contributed by atoms with Crippen LogP contribution in [0, 0.1) is 6.92 Å². The van der Waals surface area contributed by atoms with E-state index in [0.29, 0.717) is 5.92 Å². The van der Waals surface area contributed by atoms with Gasteiger partial charge < -0.3 is 14.8 Å². The van der Waals surface area contributed by atoms with E-state index in [-0.39, 0.29) is 0 Å². The number of nitrogens with zero attached hydrogens (tertiary/aromatic N) is 4. The average molecular weight is 438 g/mol. The van der Waals surface area contributed by atoms with Crippen molar-refractivity contribution < 1.29 is 0 Å². The highest BCUT2D eigenvalue weighted by atomic mass is 32.1. The highest BCUT2D eigenvalue weighted by Gasteiger charge is 2.25. The Bertz CT molecular complexity index is 1050. The molecule has 0 amide bonds. The maximum atomic E-state index is 5.72. The molecule has 156 valence electrons. The summed E-state index contributed by atoms with van der Waals surface area (Å²) in [5.74, 6) is 1.65. The summed E-state index contributed by atoms with van der Waals surface area (Å²) < 4.78 is 2.26. The lowest BCUT2D eigenvalue weighted by Gasteiger charge is -2.33. The van der Waals surface area contributed by atoms with Crippen LogP contribution in [0.4, 0.5) is 5.69 Å². The van der Waals surface area contributed by atoms with Crippen LogP contribution in [0.1, 0.15) is 52.8 Å². The minimum absolute atomic E-state index is 0.471. The average Bonchev–Trinajstić information content (AvgIpc) is 3.49. The van der Waals surface area contributed by atoms with Crippen LogP contribution in [-0.2, 0) is 19.4 Å². The lowest BCUT2D eigenvalue weighted by atomic mass is 9.96. The van der Waals surface area contributed by atoms with E-state index in [2.05, 4.69) is 61.5 Å². The fourth-order valence-corrected chi connectivity index (χ4v) is 5.57. The second kappa shape index (κ2) is 8.47. The zero-order chi connectivity index (χ0) is 20.5. The fraction of sp³-hybridized carbons (Fsp3) is 0.435. The summed E-state index contributed by atoms with van der Waals surface area (Å²) in [6.07, 6.45) is 9.81. The number of imidazole rings is 1. The monoisotopic (exact) mass is 437 g/mol. The second-order valence-electron chi connectivity index (χ2n) is 8.30. The summed E-state index contributed by atoms with van der Waals surface area (Å²) >= 11 is 7.43. The number of aromatic nitrogens is 3. The summed E-state index contributed by atoms with van der Waals surface area (Å²) in [5.41, 5.74) is 5.21. The number of likely N-dealkylation sites (tertiary alicyclic amines) is 1. The molecule has 7 heteroatoms. The van der Waals surface area contributed by atoms with Gasteiger partial charge in [0.1, 0.15) is 5.82 Å². The van der Waals surface area contributed by atoms with Gasteiger partial charge >= 0.3 is 0 Å². The van der Waals surface area contributed by atoms with Crippen molar-refractivity contribution in [2.75, 3.05) is 18.4 Å². The molecular formula is C23H27N5S2. The molecule has 30 heavy (non-hydrogen) atoms. The Kier molecular flexibility index (Phi) is 5.56. The fourth-order valence-electron chi connectivity index (χ4n) is 4.66. The molecule has 0 unspecified atom stereocenters. The van der Waals surface area contributed by atoms with Gasteiger partial charge in [-0.05, 0) is 74.5 Å². The lowest BCUT2D eigenvalue weighted by Crippen LogP contribution is -2.40. The zero-order valence-corrected chi connectivity index (χ0v) is 18.9. The van der Waals surface area contributed by atoms with E-state index in [4.69, 9.17) is 12.2 Å². The van der Waals surface area contributed by atoms with Gasteiger partial charge in [0.2, 0.25) is 0 Å². The highest BCUT2D eigenvalue weighted by molar-refractivity contribution is 7.80. The van der Waals surface area contributed by atoms with Crippen LogP contribution in [0.5, 0.6) is 0 Å². The number of thiocarbonyl (C=S) groups is 1. The van der Waals surface area contributed by atoms with Crippen LogP contribution in [0.3, 0.4) is 0 Å². The number of fused-ring (bicyclic) bond motifs is 1. The van der Waals surface area contributed by atoms with Crippen molar-refractivity contribution in [1.82, 2.24) is 19.4 Å². The number of nitrogens with one attached hydrogen (secondary N) is 1. The van der Waals surface area contributed by atoms with Gasteiger partial charge in [0.15, 0.2) is 5.11 Å². The molecule has 1 fully saturated rings. The topological polar surface area (TPSA) is 46.0 Å². The van der Waals surface area contributed by atoms with Gasteiger partial charge in [-0.2, -0.15) is 0 Å². The first-order chi connectivity index (χ1) is 14.7. The van der Waals surface area contributed by atoms with Crippen LogP contribution >= 0.6 is 23.6 Å². The molecule has 1 aliphatic carbocycles. The highest BCUT2D eigenvalue weighted by Crippen LogP contribution is 2.29. The standard InChI is InChI=1S/C23H27N5S2/c1-16-25-21(15-30-16)14-28-12-9-24-22(28)18-7-10-27(11-8-18)23(29)26-20-6-5-17-3-2-4-19(17)13-20/h5-6,9,12-13,15,18H,2-4,7-8,10-11,14H2,1H3,(H,26,29). The molecule has 0 spiro atoms. The molecule has 0 bridgehead atoms. The molecule has 2 aliphatic rings. The Morgan fingerprint density at radius 3 is 2.87 bits per heavy atom. The Morgan fingerprint density at radius 2 is 2.07 bits per heavy atom. The molecule has 1 aliphatic heterocycles. The summed E-state index contributed by atoms with van der Waals surface area (Å²) in [6.45, 7) is 4.78. The Balaban J connectivity index is 1.19. The van der Waals surface area contributed by atoms with E-state index < -0.39 is 0 Å². The third kappa shape index (κ3) is 4.14. The number of aryl methyl sites for hydroxylation is 3. The largest absolute Gasteiger partial charge is 0.349 e.